The number of hydrogen-bond donors (Lipinski definition) is 1. The number of aromatic nitrogens is 2. The van der Waals surface area contributed by atoms with Crippen molar-refractivity contribution >= 4 is 60.5 Å². The molecule has 2 aromatic heterocycles. The van der Waals surface area contributed by atoms with Crippen LogP contribution < -0.4 is 5.32 Å². The number of hydrogen-bond acceptors (Lipinski definition) is 6. The second-order valence-electron chi connectivity index (χ2n) is 6.65. The number of carbonyl (C=O) groups excluding carboxylic acids is 2. The maximum Gasteiger partial charge on any atom is 0.339 e. The van der Waals surface area contributed by atoms with E-state index in [4.69, 9.17) is 14.2 Å². The van der Waals surface area contributed by atoms with Crippen LogP contribution in [0, 0.1) is 6.92 Å². The van der Waals surface area contributed by atoms with Gasteiger partial charge in [-0.3, -0.25) is 4.79 Å². The van der Waals surface area contributed by atoms with Crippen molar-refractivity contribution in [1.29, 1.82) is 0 Å². The molecule has 0 unspecified atom stereocenters. The summed E-state index contributed by atoms with van der Waals surface area (Å²) in [6.07, 6.45) is 0. The quantitative estimate of drug-likeness (QED) is 0.332. The van der Waals surface area contributed by atoms with Gasteiger partial charge in [0.05, 0.1) is 16.8 Å². The molecule has 0 aliphatic rings. The molecule has 4 rings (SSSR count). The number of anilines is 1. The Labute approximate surface area is 194 Å². The number of benzene rings is 2. The Balaban J connectivity index is 1.64. The highest BCUT2D eigenvalue weighted by Gasteiger charge is 2.19. The van der Waals surface area contributed by atoms with Crippen LogP contribution >= 0.6 is 31.9 Å². The number of rotatable bonds is 5. The number of amides is 1. The third-order valence-electron chi connectivity index (χ3n) is 4.35. The molecule has 0 radical (unpaired) electrons. The number of halogens is 2. The van der Waals surface area contributed by atoms with Crippen molar-refractivity contribution in [2.24, 2.45) is 0 Å². The summed E-state index contributed by atoms with van der Waals surface area (Å²) in [4.78, 5) is 29.8. The van der Waals surface area contributed by atoms with Gasteiger partial charge in [0, 0.05) is 26.0 Å². The van der Waals surface area contributed by atoms with Crippen LogP contribution in [-0.2, 0) is 9.53 Å². The van der Waals surface area contributed by atoms with E-state index >= 15 is 0 Å². The molecule has 9 heteroatoms. The van der Waals surface area contributed by atoms with Crippen molar-refractivity contribution < 1.29 is 18.8 Å². The molecule has 2 heterocycles. The van der Waals surface area contributed by atoms with Crippen LogP contribution in [0.15, 0.2) is 68.1 Å². The Morgan fingerprint density at radius 3 is 2.58 bits per heavy atom. The van der Waals surface area contributed by atoms with Gasteiger partial charge in [0.2, 0.25) is 0 Å². The van der Waals surface area contributed by atoms with E-state index in [0.29, 0.717) is 27.9 Å². The van der Waals surface area contributed by atoms with E-state index in [-0.39, 0.29) is 5.82 Å². The minimum atomic E-state index is -0.638. The van der Waals surface area contributed by atoms with Crippen LogP contribution in [0.2, 0.25) is 0 Å². The minimum absolute atomic E-state index is 0.257. The van der Waals surface area contributed by atoms with Crippen molar-refractivity contribution in [2.75, 3.05) is 11.9 Å². The second kappa shape index (κ2) is 8.99. The lowest BCUT2D eigenvalue weighted by molar-refractivity contribution is -0.119. The minimum Gasteiger partial charge on any atom is -0.452 e. The van der Waals surface area contributed by atoms with Crippen LogP contribution in [0.3, 0.4) is 0 Å². The zero-order valence-corrected chi connectivity index (χ0v) is 19.4. The van der Waals surface area contributed by atoms with Crippen LogP contribution in [0.4, 0.5) is 5.82 Å². The second-order valence-corrected chi connectivity index (χ2v) is 8.42. The molecule has 0 fully saturated rings. The van der Waals surface area contributed by atoms with Gasteiger partial charge < -0.3 is 14.6 Å². The van der Waals surface area contributed by atoms with E-state index in [2.05, 4.69) is 42.3 Å². The third kappa shape index (κ3) is 4.83. The Morgan fingerprint density at radius 1 is 1.10 bits per heavy atom. The molecule has 1 N–H and O–H groups in total. The van der Waals surface area contributed by atoms with E-state index in [1.54, 1.807) is 25.1 Å². The molecular formula is C22H15Br2N3O4. The summed E-state index contributed by atoms with van der Waals surface area (Å²) in [6.45, 7) is 1.24. The maximum atomic E-state index is 12.9. The highest BCUT2D eigenvalue weighted by molar-refractivity contribution is 9.11. The lowest BCUT2D eigenvalue weighted by Crippen LogP contribution is -2.21. The van der Waals surface area contributed by atoms with Gasteiger partial charge >= 0.3 is 5.97 Å². The number of esters is 1. The van der Waals surface area contributed by atoms with Crippen LogP contribution in [0.5, 0.6) is 0 Å². The SMILES string of the molecule is Cc1cc(NC(=O)COC(=O)c2cc(-c3ccccc3)nc3c(Br)cc(Br)cc23)no1. The average Bonchev–Trinajstić information content (AvgIpc) is 3.16. The summed E-state index contributed by atoms with van der Waals surface area (Å²) in [5, 5.41) is 6.79. The van der Waals surface area contributed by atoms with E-state index in [9.17, 15) is 9.59 Å². The molecule has 0 bridgehead atoms. The Hall–Kier alpha value is -3.04. The zero-order chi connectivity index (χ0) is 22.0. The van der Waals surface area contributed by atoms with Crippen molar-refractivity contribution in [2.45, 2.75) is 6.92 Å². The van der Waals surface area contributed by atoms with Crippen molar-refractivity contribution in [3.63, 3.8) is 0 Å². The van der Waals surface area contributed by atoms with Crippen LogP contribution in [0.25, 0.3) is 22.2 Å². The molecule has 156 valence electrons. The van der Waals surface area contributed by atoms with Gasteiger partial charge in [-0.2, -0.15) is 0 Å². The van der Waals surface area contributed by atoms with Crippen molar-refractivity contribution in [3.8, 4) is 11.3 Å². The number of ether oxygens (including phenoxy) is 1. The van der Waals surface area contributed by atoms with Gasteiger partial charge in [-0.25, -0.2) is 9.78 Å². The molecule has 31 heavy (non-hydrogen) atoms. The smallest absolute Gasteiger partial charge is 0.339 e. The van der Waals surface area contributed by atoms with E-state index in [1.807, 2.05) is 36.4 Å². The molecule has 0 spiro atoms. The summed E-state index contributed by atoms with van der Waals surface area (Å²) in [6, 6.07) is 16.4. The normalized spacial score (nSPS) is 10.8. The number of aryl methyl sites for hydroxylation is 1. The molecule has 0 aliphatic carbocycles. The summed E-state index contributed by atoms with van der Waals surface area (Å²) in [5.74, 6) is -0.348. The fourth-order valence-corrected chi connectivity index (χ4v) is 4.30. The molecule has 0 saturated carbocycles. The first-order valence-electron chi connectivity index (χ1n) is 9.16. The largest absolute Gasteiger partial charge is 0.452 e. The first-order chi connectivity index (χ1) is 14.9. The Kier molecular flexibility index (Phi) is 6.15. The third-order valence-corrected chi connectivity index (χ3v) is 5.41. The Morgan fingerprint density at radius 2 is 1.87 bits per heavy atom. The number of carbonyl (C=O) groups is 2. The number of pyridine rings is 1. The first-order valence-corrected chi connectivity index (χ1v) is 10.7. The molecule has 2 aromatic carbocycles. The number of nitrogens with zero attached hydrogens (tertiary/aromatic N) is 2. The number of fused-ring (bicyclic) bond motifs is 1. The van der Waals surface area contributed by atoms with Crippen molar-refractivity contribution in [3.05, 3.63) is 74.9 Å². The summed E-state index contributed by atoms with van der Waals surface area (Å²) in [7, 11) is 0. The Bertz CT molecular complexity index is 1290. The highest BCUT2D eigenvalue weighted by atomic mass is 79.9. The van der Waals surface area contributed by atoms with E-state index < -0.39 is 18.5 Å². The predicted octanol–water partition coefficient (Wildman–Crippen LogP) is 5.52. The van der Waals surface area contributed by atoms with Gasteiger partial charge in [-0.05, 0) is 41.1 Å². The van der Waals surface area contributed by atoms with Gasteiger partial charge in [0.25, 0.3) is 5.91 Å². The van der Waals surface area contributed by atoms with Crippen LogP contribution in [0.1, 0.15) is 16.1 Å². The van der Waals surface area contributed by atoms with E-state index in [1.165, 1.54) is 0 Å². The molecular weight excluding hydrogens is 530 g/mol. The lowest BCUT2D eigenvalue weighted by Gasteiger charge is -2.11. The standard InChI is InChI=1S/C22H15Br2N3O4/c1-12-7-19(27-31-12)26-20(28)11-30-22(29)16-10-18(13-5-3-2-4-6-13)25-21-15(16)8-14(23)9-17(21)24/h2-10H,11H2,1H3,(H,26,27,28). The molecule has 4 aromatic rings. The van der Waals surface area contributed by atoms with Gasteiger partial charge in [-0.1, -0.05) is 51.4 Å². The first kappa shape index (κ1) is 21.2. The van der Waals surface area contributed by atoms with Gasteiger partial charge in [0.15, 0.2) is 12.4 Å². The van der Waals surface area contributed by atoms with E-state index in [0.717, 1.165) is 14.5 Å². The molecule has 0 atom stereocenters. The van der Waals surface area contributed by atoms with Gasteiger partial charge in [-0.15, -0.1) is 0 Å². The molecule has 0 aliphatic heterocycles. The fraction of sp³-hybridized carbons (Fsp3) is 0.0909. The molecule has 1 amide bonds. The highest BCUT2D eigenvalue weighted by Crippen LogP contribution is 2.32. The lowest BCUT2D eigenvalue weighted by atomic mass is 10.0. The molecule has 7 nitrogen and oxygen atoms in total. The summed E-state index contributed by atoms with van der Waals surface area (Å²) < 4.78 is 11.7. The zero-order valence-electron chi connectivity index (χ0n) is 16.2. The topological polar surface area (TPSA) is 94.3 Å². The summed E-state index contributed by atoms with van der Waals surface area (Å²) in [5.41, 5.74) is 2.38. The fourth-order valence-electron chi connectivity index (χ4n) is 2.99. The predicted molar refractivity (Wildman–Crippen MR) is 123 cm³/mol. The molecule has 0 saturated heterocycles. The average molecular weight is 545 g/mol. The summed E-state index contributed by atoms with van der Waals surface area (Å²) >= 11 is 6.96. The van der Waals surface area contributed by atoms with Gasteiger partial charge in [0.1, 0.15) is 5.76 Å². The number of nitrogens with one attached hydrogen (secondary N) is 1. The van der Waals surface area contributed by atoms with Crippen LogP contribution in [-0.4, -0.2) is 28.6 Å². The van der Waals surface area contributed by atoms with Crippen molar-refractivity contribution in [1.82, 2.24) is 10.1 Å². The monoisotopic (exact) mass is 543 g/mol. The maximum absolute atomic E-state index is 12.9.